The van der Waals surface area contributed by atoms with E-state index in [-0.39, 0.29) is 24.2 Å². The van der Waals surface area contributed by atoms with Crippen LogP contribution in [0.5, 0.6) is 5.75 Å². The van der Waals surface area contributed by atoms with E-state index in [4.69, 9.17) is 4.74 Å². The van der Waals surface area contributed by atoms with Crippen LogP contribution < -0.4 is 20.8 Å². The molecular formula is C19H19N5O3. The molecule has 2 aromatic rings. The molecule has 1 atom stereocenters. The third kappa shape index (κ3) is 4.91. The van der Waals surface area contributed by atoms with Crippen LogP contribution in [0.2, 0.25) is 0 Å². The second-order valence-corrected chi connectivity index (χ2v) is 5.71. The van der Waals surface area contributed by atoms with Crippen molar-refractivity contribution in [1.82, 2.24) is 10.7 Å². The van der Waals surface area contributed by atoms with Crippen molar-refractivity contribution in [2.24, 2.45) is 10.1 Å². The van der Waals surface area contributed by atoms with Crippen molar-refractivity contribution in [2.45, 2.75) is 12.5 Å². The van der Waals surface area contributed by atoms with E-state index in [0.29, 0.717) is 11.4 Å². The second-order valence-electron chi connectivity index (χ2n) is 5.71. The number of carbonyl (C=O) groups is 2. The Morgan fingerprint density at radius 1 is 1.22 bits per heavy atom. The number of hydrogen-bond acceptors (Lipinski definition) is 6. The lowest BCUT2D eigenvalue weighted by Gasteiger charge is -2.06. The van der Waals surface area contributed by atoms with Gasteiger partial charge in [0.1, 0.15) is 11.8 Å². The molecule has 8 heteroatoms. The molecule has 138 valence electrons. The number of benzene rings is 2. The van der Waals surface area contributed by atoms with Crippen molar-refractivity contribution < 1.29 is 14.3 Å². The molecule has 2 amide bonds. The summed E-state index contributed by atoms with van der Waals surface area (Å²) in [7, 11) is 1.58. The van der Waals surface area contributed by atoms with Gasteiger partial charge < -0.3 is 10.1 Å². The number of ether oxygens (including phenoxy) is 1. The highest BCUT2D eigenvalue weighted by molar-refractivity contribution is 6.07. The summed E-state index contributed by atoms with van der Waals surface area (Å²) in [5.74, 6) is 0.233. The predicted octanol–water partition coefficient (Wildman–Crippen LogP) is 1.50. The first kappa shape index (κ1) is 18.1. The van der Waals surface area contributed by atoms with E-state index in [1.807, 2.05) is 42.5 Å². The average Bonchev–Trinajstić information content (AvgIpc) is 3.02. The van der Waals surface area contributed by atoms with Crippen LogP contribution in [0.3, 0.4) is 0 Å². The minimum absolute atomic E-state index is 0.0534. The fourth-order valence-corrected chi connectivity index (χ4v) is 2.49. The summed E-state index contributed by atoms with van der Waals surface area (Å²) in [5.41, 5.74) is 4.11. The standard InChI is InChI=1S/C19H19N5O3/c1-27-16-10-6-5-7-13(16)12-20-24-19-22-15(18(26)23-19)11-17(25)21-14-8-3-2-4-9-14/h2-10,12,15H,11H2,1H3,(H,21,25)(H2,22,23,24,26)/b20-12+. The van der Waals surface area contributed by atoms with Crippen LogP contribution in [-0.2, 0) is 9.59 Å². The highest BCUT2D eigenvalue weighted by Crippen LogP contribution is 2.14. The third-order valence-electron chi connectivity index (χ3n) is 3.78. The number of para-hydroxylation sites is 2. The van der Waals surface area contributed by atoms with Crippen LogP contribution in [-0.4, -0.2) is 37.1 Å². The SMILES string of the molecule is COc1ccccc1/C=N/NC1=NC(CC(=O)Nc2ccccc2)C(=O)N1. The number of guanidine groups is 1. The molecule has 2 aromatic carbocycles. The second kappa shape index (κ2) is 8.61. The topological polar surface area (TPSA) is 104 Å². The Morgan fingerprint density at radius 3 is 2.74 bits per heavy atom. The molecule has 1 unspecified atom stereocenters. The van der Waals surface area contributed by atoms with E-state index < -0.39 is 6.04 Å². The lowest BCUT2D eigenvalue weighted by atomic mass is 10.2. The number of methoxy groups -OCH3 is 1. The van der Waals surface area contributed by atoms with Gasteiger partial charge in [0, 0.05) is 11.3 Å². The first-order chi connectivity index (χ1) is 13.2. The Hall–Kier alpha value is -3.68. The van der Waals surface area contributed by atoms with Gasteiger partial charge in [0.15, 0.2) is 0 Å². The average molecular weight is 365 g/mol. The molecule has 0 fully saturated rings. The molecule has 0 aliphatic carbocycles. The van der Waals surface area contributed by atoms with Crippen molar-refractivity contribution in [3.05, 3.63) is 60.2 Å². The van der Waals surface area contributed by atoms with Crippen LogP contribution in [0.15, 0.2) is 64.7 Å². The number of hydrazone groups is 1. The summed E-state index contributed by atoms with van der Waals surface area (Å²) in [6, 6.07) is 15.6. The molecule has 0 saturated carbocycles. The van der Waals surface area contributed by atoms with Crippen LogP contribution in [0.1, 0.15) is 12.0 Å². The normalized spacial score (nSPS) is 16.0. The molecule has 0 aromatic heterocycles. The molecule has 8 nitrogen and oxygen atoms in total. The lowest BCUT2D eigenvalue weighted by Crippen LogP contribution is -2.35. The molecule has 0 spiro atoms. The molecule has 0 saturated heterocycles. The third-order valence-corrected chi connectivity index (χ3v) is 3.78. The Balaban J connectivity index is 1.56. The van der Waals surface area contributed by atoms with Gasteiger partial charge in [-0.3, -0.25) is 14.9 Å². The van der Waals surface area contributed by atoms with Gasteiger partial charge in [-0.1, -0.05) is 30.3 Å². The van der Waals surface area contributed by atoms with Crippen molar-refractivity contribution in [3.8, 4) is 5.75 Å². The number of aliphatic imine (C=N–C) groups is 1. The summed E-state index contributed by atoms with van der Waals surface area (Å²) in [5, 5.41) is 9.34. The van der Waals surface area contributed by atoms with Gasteiger partial charge in [-0.2, -0.15) is 5.10 Å². The maximum atomic E-state index is 12.1. The number of nitrogens with zero attached hydrogens (tertiary/aromatic N) is 2. The molecule has 1 aliphatic heterocycles. The van der Waals surface area contributed by atoms with Crippen molar-refractivity contribution in [3.63, 3.8) is 0 Å². The van der Waals surface area contributed by atoms with Crippen LogP contribution in [0.25, 0.3) is 0 Å². The predicted molar refractivity (Wildman–Crippen MR) is 103 cm³/mol. The number of rotatable bonds is 6. The van der Waals surface area contributed by atoms with Gasteiger partial charge in [0.05, 0.1) is 19.7 Å². The lowest BCUT2D eigenvalue weighted by molar-refractivity contribution is -0.123. The Morgan fingerprint density at radius 2 is 1.96 bits per heavy atom. The Labute approximate surface area is 156 Å². The van der Waals surface area contributed by atoms with Gasteiger partial charge in [0.25, 0.3) is 5.91 Å². The van der Waals surface area contributed by atoms with Crippen molar-refractivity contribution in [2.75, 3.05) is 12.4 Å². The van der Waals surface area contributed by atoms with E-state index in [2.05, 4.69) is 26.2 Å². The van der Waals surface area contributed by atoms with E-state index in [9.17, 15) is 9.59 Å². The Bertz CT molecular complexity index is 880. The molecule has 3 rings (SSSR count). The largest absolute Gasteiger partial charge is 0.496 e. The van der Waals surface area contributed by atoms with Gasteiger partial charge in [-0.05, 0) is 24.3 Å². The minimum atomic E-state index is -0.794. The zero-order valence-corrected chi connectivity index (χ0v) is 14.7. The van der Waals surface area contributed by atoms with E-state index in [1.165, 1.54) is 0 Å². The van der Waals surface area contributed by atoms with Crippen molar-refractivity contribution in [1.29, 1.82) is 0 Å². The zero-order chi connectivity index (χ0) is 19.1. The number of carbonyl (C=O) groups excluding carboxylic acids is 2. The van der Waals surface area contributed by atoms with Gasteiger partial charge in [0.2, 0.25) is 11.9 Å². The summed E-state index contributed by atoms with van der Waals surface area (Å²) >= 11 is 0. The fourth-order valence-electron chi connectivity index (χ4n) is 2.49. The van der Waals surface area contributed by atoms with E-state index in [0.717, 1.165) is 5.56 Å². The molecule has 1 aliphatic rings. The summed E-state index contributed by atoms with van der Waals surface area (Å²) < 4.78 is 5.23. The molecular weight excluding hydrogens is 346 g/mol. The zero-order valence-electron chi connectivity index (χ0n) is 14.7. The quantitative estimate of drug-likeness (QED) is 0.533. The number of hydrogen-bond donors (Lipinski definition) is 3. The minimum Gasteiger partial charge on any atom is -0.496 e. The first-order valence-electron chi connectivity index (χ1n) is 8.31. The van der Waals surface area contributed by atoms with E-state index >= 15 is 0 Å². The highest BCUT2D eigenvalue weighted by atomic mass is 16.5. The van der Waals surface area contributed by atoms with Crippen LogP contribution in [0, 0.1) is 0 Å². The first-order valence-corrected chi connectivity index (χ1v) is 8.31. The number of nitrogens with one attached hydrogen (secondary N) is 3. The Kier molecular flexibility index (Phi) is 5.78. The maximum absolute atomic E-state index is 12.1. The van der Waals surface area contributed by atoms with Crippen LogP contribution in [0.4, 0.5) is 5.69 Å². The molecule has 27 heavy (non-hydrogen) atoms. The summed E-state index contributed by atoms with van der Waals surface area (Å²) in [4.78, 5) is 28.2. The van der Waals surface area contributed by atoms with Gasteiger partial charge >= 0.3 is 0 Å². The van der Waals surface area contributed by atoms with Gasteiger partial charge in [-0.15, -0.1) is 0 Å². The summed E-state index contributed by atoms with van der Waals surface area (Å²) in [6.45, 7) is 0. The van der Waals surface area contributed by atoms with Gasteiger partial charge in [-0.25, -0.2) is 10.4 Å². The fraction of sp³-hybridized carbons (Fsp3) is 0.158. The monoisotopic (exact) mass is 365 g/mol. The van der Waals surface area contributed by atoms with E-state index in [1.54, 1.807) is 25.5 Å². The maximum Gasteiger partial charge on any atom is 0.252 e. The smallest absolute Gasteiger partial charge is 0.252 e. The van der Waals surface area contributed by atoms with Crippen molar-refractivity contribution >= 4 is 29.7 Å². The highest BCUT2D eigenvalue weighted by Gasteiger charge is 2.28. The van der Waals surface area contributed by atoms with Crippen LogP contribution >= 0.6 is 0 Å². The molecule has 0 bridgehead atoms. The summed E-state index contributed by atoms with van der Waals surface area (Å²) in [6.07, 6.45) is 1.51. The molecule has 0 radical (unpaired) electrons. The number of amides is 2. The molecule has 1 heterocycles. The molecule has 3 N–H and O–H groups in total. The number of anilines is 1.